The smallest absolute Gasteiger partial charge is 0.462 e. The first-order chi connectivity index (χ1) is 13.2. The highest BCUT2D eigenvalue weighted by Gasteiger charge is 2.34. The Bertz CT molecular complexity index is 909. The van der Waals surface area contributed by atoms with Crippen molar-refractivity contribution in [2.45, 2.75) is 39.8 Å². The number of carbonyl (C=O) groups is 1. The van der Waals surface area contributed by atoms with Gasteiger partial charge in [0.15, 0.2) is 0 Å². The Morgan fingerprint density at radius 2 is 1.79 bits per heavy atom. The van der Waals surface area contributed by atoms with E-state index in [2.05, 4.69) is 5.09 Å². The lowest BCUT2D eigenvalue weighted by Crippen LogP contribution is -2.36. The van der Waals surface area contributed by atoms with E-state index in [1.165, 1.54) is 13.0 Å². The summed E-state index contributed by atoms with van der Waals surface area (Å²) < 4.78 is 29.8. The third kappa shape index (κ3) is 6.12. The fourth-order valence-electron chi connectivity index (χ4n) is 2.27. The molecule has 148 valence electrons. The van der Waals surface area contributed by atoms with Crippen molar-refractivity contribution in [1.82, 2.24) is 5.09 Å². The number of rotatable bonds is 8. The maximum absolute atomic E-state index is 13.4. The molecule has 0 aromatic heterocycles. The van der Waals surface area contributed by atoms with Crippen molar-refractivity contribution in [2.75, 3.05) is 0 Å². The minimum absolute atomic E-state index is 0.273. The van der Waals surface area contributed by atoms with Crippen LogP contribution in [0.2, 0.25) is 0 Å². The van der Waals surface area contributed by atoms with Crippen molar-refractivity contribution >= 4 is 13.7 Å². The van der Waals surface area contributed by atoms with Crippen LogP contribution in [0.25, 0.3) is 0 Å². The van der Waals surface area contributed by atoms with E-state index in [0.29, 0.717) is 16.9 Å². The Morgan fingerprint density at radius 3 is 2.36 bits per heavy atom. The standard InChI is InChI=1S/C20H23N2O5P/c1-14(2)25-20(23)16(4)22-28(24,26-18-8-6-5-7-9-18)27-19-11-10-17(13-21)12-15(19)3/h5-12,14,16H,1-4H3,(H,22,24)/t16-,28?/m0/s1. The van der Waals surface area contributed by atoms with Crippen molar-refractivity contribution in [3.05, 3.63) is 59.7 Å². The van der Waals surface area contributed by atoms with E-state index in [0.717, 1.165) is 0 Å². The molecule has 2 atom stereocenters. The van der Waals surface area contributed by atoms with Crippen LogP contribution in [0.5, 0.6) is 11.5 Å². The van der Waals surface area contributed by atoms with E-state index in [1.54, 1.807) is 63.2 Å². The molecule has 1 unspecified atom stereocenters. The highest BCUT2D eigenvalue weighted by molar-refractivity contribution is 7.52. The molecule has 0 spiro atoms. The van der Waals surface area contributed by atoms with Crippen molar-refractivity contribution in [3.8, 4) is 17.6 Å². The van der Waals surface area contributed by atoms with Crippen LogP contribution < -0.4 is 14.1 Å². The van der Waals surface area contributed by atoms with Crippen molar-refractivity contribution < 1.29 is 23.1 Å². The lowest BCUT2D eigenvalue weighted by molar-refractivity contribution is -0.149. The minimum atomic E-state index is -4.00. The number of carbonyl (C=O) groups excluding carboxylic acids is 1. The highest BCUT2D eigenvalue weighted by atomic mass is 31.2. The number of aryl methyl sites for hydroxylation is 1. The number of ether oxygens (including phenoxy) is 1. The van der Waals surface area contributed by atoms with E-state index in [1.807, 2.05) is 6.07 Å². The van der Waals surface area contributed by atoms with Crippen molar-refractivity contribution in [3.63, 3.8) is 0 Å². The van der Waals surface area contributed by atoms with Gasteiger partial charge in [0.25, 0.3) is 0 Å². The summed E-state index contributed by atoms with van der Waals surface area (Å²) in [6.45, 7) is 6.68. The highest BCUT2D eigenvalue weighted by Crippen LogP contribution is 2.46. The van der Waals surface area contributed by atoms with Crippen LogP contribution in [-0.2, 0) is 14.1 Å². The molecule has 0 aliphatic heterocycles. The molecule has 0 bridgehead atoms. The number of hydrogen-bond donors (Lipinski definition) is 1. The number of nitrogens with zero attached hydrogens (tertiary/aromatic N) is 1. The van der Waals surface area contributed by atoms with E-state index < -0.39 is 19.8 Å². The van der Waals surface area contributed by atoms with E-state index in [9.17, 15) is 9.36 Å². The number of benzene rings is 2. The number of hydrogen-bond acceptors (Lipinski definition) is 6. The molecular weight excluding hydrogens is 379 g/mol. The summed E-state index contributed by atoms with van der Waals surface area (Å²) in [5.74, 6) is 0.0105. The molecule has 0 heterocycles. The van der Waals surface area contributed by atoms with Gasteiger partial charge in [-0.25, -0.2) is 4.57 Å². The van der Waals surface area contributed by atoms with Crippen LogP contribution in [0.15, 0.2) is 48.5 Å². The fraction of sp³-hybridized carbons (Fsp3) is 0.300. The van der Waals surface area contributed by atoms with Crippen molar-refractivity contribution in [1.29, 1.82) is 5.26 Å². The Hall–Kier alpha value is -2.81. The van der Waals surface area contributed by atoms with Crippen LogP contribution in [0, 0.1) is 18.3 Å². The number of esters is 1. The molecule has 0 amide bonds. The zero-order valence-corrected chi connectivity index (χ0v) is 17.1. The van der Waals surface area contributed by atoms with E-state index in [4.69, 9.17) is 19.0 Å². The summed E-state index contributed by atoms with van der Waals surface area (Å²) in [7, 11) is -4.00. The molecule has 0 aliphatic rings. The Morgan fingerprint density at radius 1 is 1.11 bits per heavy atom. The fourth-order valence-corrected chi connectivity index (χ4v) is 3.85. The summed E-state index contributed by atoms with van der Waals surface area (Å²) in [6.07, 6.45) is -0.312. The zero-order valence-electron chi connectivity index (χ0n) is 16.2. The predicted molar refractivity (Wildman–Crippen MR) is 105 cm³/mol. The number of para-hydroxylation sites is 1. The third-order valence-electron chi connectivity index (χ3n) is 3.55. The van der Waals surface area contributed by atoms with Gasteiger partial charge in [-0.15, -0.1) is 0 Å². The van der Waals surface area contributed by atoms with Crippen LogP contribution >= 0.6 is 7.75 Å². The minimum Gasteiger partial charge on any atom is -0.462 e. The Kier molecular flexibility index (Phi) is 7.22. The first kappa shape index (κ1) is 21.5. The number of nitrogens with one attached hydrogen (secondary N) is 1. The summed E-state index contributed by atoms with van der Waals surface area (Å²) in [6, 6.07) is 14.3. The largest absolute Gasteiger partial charge is 0.513 e. The van der Waals surface area contributed by atoms with E-state index in [-0.39, 0.29) is 11.9 Å². The molecule has 8 heteroatoms. The van der Waals surface area contributed by atoms with Gasteiger partial charge in [-0.1, -0.05) is 18.2 Å². The second-order valence-corrected chi connectivity index (χ2v) is 8.04. The molecule has 28 heavy (non-hydrogen) atoms. The molecule has 0 saturated carbocycles. The van der Waals surface area contributed by atoms with Gasteiger partial charge in [-0.05, 0) is 63.6 Å². The van der Waals surface area contributed by atoms with Crippen LogP contribution in [0.3, 0.4) is 0 Å². The van der Waals surface area contributed by atoms with Gasteiger partial charge < -0.3 is 13.8 Å². The second-order valence-electron chi connectivity index (χ2n) is 6.42. The molecule has 0 saturated heterocycles. The van der Waals surface area contributed by atoms with Gasteiger partial charge in [0.1, 0.15) is 17.5 Å². The molecule has 0 aliphatic carbocycles. The Labute approximate surface area is 164 Å². The van der Waals surface area contributed by atoms with Gasteiger partial charge in [0, 0.05) is 0 Å². The van der Waals surface area contributed by atoms with E-state index >= 15 is 0 Å². The SMILES string of the molecule is Cc1cc(C#N)ccc1OP(=O)(N[C@@H](C)C(=O)OC(C)C)Oc1ccccc1. The number of nitriles is 1. The quantitative estimate of drug-likeness (QED) is 0.517. The molecule has 0 radical (unpaired) electrons. The first-order valence-electron chi connectivity index (χ1n) is 8.76. The molecule has 0 fully saturated rings. The summed E-state index contributed by atoms with van der Waals surface area (Å²) in [5, 5.41) is 11.6. The van der Waals surface area contributed by atoms with Gasteiger partial charge in [0.05, 0.1) is 17.7 Å². The summed E-state index contributed by atoms with van der Waals surface area (Å²) in [4.78, 5) is 12.1. The first-order valence-corrected chi connectivity index (χ1v) is 10.3. The van der Waals surface area contributed by atoms with Gasteiger partial charge in [-0.3, -0.25) is 4.79 Å². The van der Waals surface area contributed by atoms with Gasteiger partial charge in [0.2, 0.25) is 0 Å². The average molecular weight is 402 g/mol. The lowest BCUT2D eigenvalue weighted by Gasteiger charge is -2.24. The topological polar surface area (TPSA) is 97.7 Å². The average Bonchev–Trinajstić information content (AvgIpc) is 2.63. The van der Waals surface area contributed by atoms with Crippen LogP contribution in [-0.4, -0.2) is 18.1 Å². The molecule has 2 aromatic rings. The maximum atomic E-state index is 13.4. The predicted octanol–water partition coefficient (Wildman–Crippen LogP) is 4.36. The van der Waals surface area contributed by atoms with Crippen molar-refractivity contribution in [2.24, 2.45) is 0 Å². The molecule has 2 aromatic carbocycles. The zero-order chi connectivity index (χ0) is 20.7. The van der Waals surface area contributed by atoms with Gasteiger partial charge >= 0.3 is 13.7 Å². The second kappa shape index (κ2) is 9.41. The lowest BCUT2D eigenvalue weighted by atomic mass is 10.1. The molecular formula is C20H23N2O5P. The molecule has 1 N–H and O–H groups in total. The van der Waals surface area contributed by atoms with Crippen LogP contribution in [0.4, 0.5) is 0 Å². The molecule has 7 nitrogen and oxygen atoms in total. The third-order valence-corrected chi connectivity index (χ3v) is 5.14. The molecule has 2 rings (SSSR count). The van der Waals surface area contributed by atoms with Gasteiger partial charge in [-0.2, -0.15) is 10.3 Å². The Balaban J connectivity index is 2.29. The maximum Gasteiger partial charge on any atom is 0.513 e. The van der Waals surface area contributed by atoms with Crippen LogP contribution in [0.1, 0.15) is 31.9 Å². The summed E-state index contributed by atoms with van der Waals surface area (Å²) >= 11 is 0. The normalized spacial score (nSPS) is 13.9. The monoisotopic (exact) mass is 402 g/mol. The summed E-state index contributed by atoms with van der Waals surface area (Å²) in [5.41, 5.74) is 1.06.